The van der Waals surface area contributed by atoms with Crippen molar-refractivity contribution in [2.45, 2.75) is 53.5 Å². The zero-order chi connectivity index (χ0) is 12.8. The van der Waals surface area contributed by atoms with Crippen molar-refractivity contribution in [1.82, 2.24) is 10.2 Å². The Morgan fingerprint density at radius 3 is 2.47 bits per heavy atom. The molecule has 1 N–H and O–H groups in total. The Kier molecular flexibility index (Phi) is 6.50. The summed E-state index contributed by atoms with van der Waals surface area (Å²) in [5.41, 5.74) is 0. The molecule has 2 heteroatoms. The van der Waals surface area contributed by atoms with E-state index in [9.17, 15) is 0 Å². The largest absolute Gasteiger partial charge is 0.316 e. The number of likely N-dealkylation sites (tertiary alicyclic amines) is 1. The molecule has 1 rings (SSSR count). The lowest BCUT2D eigenvalue weighted by Crippen LogP contribution is -2.37. The van der Waals surface area contributed by atoms with Gasteiger partial charge < -0.3 is 5.32 Å². The molecule has 0 amide bonds. The van der Waals surface area contributed by atoms with E-state index in [4.69, 9.17) is 0 Å². The first-order chi connectivity index (χ1) is 8.04. The molecule has 0 bridgehead atoms. The quantitative estimate of drug-likeness (QED) is 0.736. The van der Waals surface area contributed by atoms with Gasteiger partial charge in [0, 0.05) is 12.6 Å². The minimum absolute atomic E-state index is 0.770. The number of rotatable bonds is 7. The zero-order valence-corrected chi connectivity index (χ0v) is 12.5. The number of nitrogens with zero attached hydrogens (tertiary/aromatic N) is 1. The van der Waals surface area contributed by atoms with Crippen molar-refractivity contribution in [3.05, 3.63) is 0 Å². The van der Waals surface area contributed by atoms with E-state index in [0.717, 1.165) is 30.3 Å². The maximum atomic E-state index is 3.61. The second-order valence-corrected chi connectivity index (χ2v) is 6.42. The lowest BCUT2D eigenvalue weighted by Gasteiger charge is -2.30. The summed E-state index contributed by atoms with van der Waals surface area (Å²) in [6.07, 6.45) is 2.68. The van der Waals surface area contributed by atoms with Crippen LogP contribution in [0, 0.1) is 17.8 Å². The van der Waals surface area contributed by atoms with E-state index < -0.39 is 0 Å². The topological polar surface area (TPSA) is 15.3 Å². The van der Waals surface area contributed by atoms with Gasteiger partial charge >= 0.3 is 0 Å². The van der Waals surface area contributed by atoms with Gasteiger partial charge in [0.2, 0.25) is 0 Å². The van der Waals surface area contributed by atoms with Crippen LogP contribution in [0.3, 0.4) is 0 Å². The maximum absolute atomic E-state index is 3.61. The average molecular weight is 240 g/mol. The van der Waals surface area contributed by atoms with Gasteiger partial charge in [-0.1, -0.05) is 34.6 Å². The molecule has 0 spiro atoms. The minimum atomic E-state index is 0.770. The first-order valence-electron chi connectivity index (χ1n) is 7.49. The fourth-order valence-electron chi connectivity index (χ4n) is 3.06. The molecule has 1 aliphatic heterocycles. The molecular formula is C15H32N2. The molecule has 0 radical (unpaired) electrons. The second-order valence-electron chi connectivity index (χ2n) is 6.42. The molecule has 0 aromatic rings. The van der Waals surface area contributed by atoms with Crippen LogP contribution in [-0.4, -0.2) is 37.1 Å². The highest BCUT2D eigenvalue weighted by Crippen LogP contribution is 2.23. The Bertz CT molecular complexity index is 201. The summed E-state index contributed by atoms with van der Waals surface area (Å²) in [6, 6.07) is 0.796. The highest BCUT2D eigenvalue weighted by atomic mass is 15.2. The summed E-state index contributed by atoms with van der Waals surface area (Å²) in [5.74, 6) is 2.44. The van der Waals surface area contributed by atoms with Gasteiger partial charge in [-0.2, -0.15) is 0 Å². The number of nitrogens with one attached hydrogen (secondary N) is 1. The molecule has 17 heavy (non-hydrogen) atoms. The van der Waals surface area contributed by atoms with Crippen molar-refractivity contribution >= 4 is 0 Å². The molecule has 0 aromatic heterocycles. The molecular weight excluding hydrogens is 208 g/mol. The molecule has 2 nitrogen and oxygen atoms in total. The maximum Gasteiger partial charge on any atom is 0.0116 e. The summed E-state index contributed by atoms with van der Waals surface area (Å²) < 4.78 is 0. The third-order valence-corrected chi connectivity index (χ3v) is 3.96. The van der Waals surface area contributed by atoms with E-state index in [2.05, 4.69) is 44.8 Å². The molecule has 1 fully saturated rings. The third kappa shape index (κ3) is 4.97. The molecule has 2 unspecified atom stereocenters. The average Bonchev–Trinajstić information content (AvgIpc) is 2.66. The minimum Gasteiger partial charge on any atom is -0.316 e. The van der Waals surface area contributed by atoms with E-state index in [1.807, 2.05) is 0 Å². The van der Waals surface area contributed by atoms with Gasteiger partial charge in [-0.25, -0.2) is 0 Å². The molecule has 0 aromatic carbocycles. The summed E-state index contributed by atoms with van der Waals surface area (Å²) in [4.78, 5) is 2.71. The fourth-order valence-corrected chi connectivity index (χ4v) is 3.06. The van der Waals surface area contributed by atoms with Crippen LogP contribution in [0.25, 0.3) is 0 Å². The summed E-state index contributed by atoms with van der Waals surface area (Å²) in [5, 5.41) is 3.61. The Hall–Kier alpha value is -0.0800. The van der Waals surface area contributed by atoms with Crippen LogP contribution in [0.1, 0.15) is 47.5 Å². The summed E-state index contributed by atoms with van der Waals surface area (Å²) in [7, 11) is 0. The Morgan fingerprint density at radius 2 is 1.94 bits per heavy atom. The van der Waals surface area contributed by atoms with Crippen LogP contribution in [-0.2, 0) is 0 Å². The van der Waals surface area contributed by atoms with Crippen molar-refractivity contribution in [1.29, 1.82) is 0 Å². The summed E-state index contributed by atoms with van der Waals surface area (Å²) >= 11 is 0. The van der Waals surface area contributed by atoms with Crippen LogP contribution in [0.2, 0.25) is 0 Å². The van der Waals surface area contributed by atoms with E-state index in [0.29, 0.717) is 0 Å². The molecule has 1 heterocycles. The first kappa shape index (κ1) is 15.0. The van der Waals surface area contributed by atoms with Crippen LogP contribution in [0.15, 0.2) is 0 Å². The Labute approximate surface area is 108 Å². The number of hydrogen-bond acceptors (Lipinski definition) is 2. The monoisotopic (exact) mass is 240 g/mol. The van der Waals surface area contributed by atoms with Gasteiger partial charge in [0.25, 0.3) is 0 Å². The van der Waals surface area contributed by atoms with Gasteiger partial charge in [-0.15, -0.1) is 0 Å². The van der Waals surface area contributed by atoms with Crippen molar-refractivity contribution in [3.63, 3.8) is 0 Å². The van der Waals surface area contributed by atoms with Crippen molar-refractivity contribution in [2.75, 3.05) is 26.2 Å². The van der Waals surface area contributed by atoms with E-state index in [1.54, 1.807) is 0 Å². The van der Waals surface area contributed by atoms with Crippen LogP contribution >= 0.6 is 0 Å². The number of hydrogen-bond donors (Lipinski definition) is 1. The second kappa shape index (κ2) is 7.38. The lowest BCUT2D eigenvalue weighted by atomic mass is 10.0. The normalized spacial score (nSPS) is 23.8. The highest BCUT2D eigenvalue weighted by molar-refractivity contribution is 4.83. The zero-order valence-electron chi connectivity index (χ0n) is 12.5. The predicted octanol–water partition coefficient (Wildman–Crippen LogP) is 2.99. The van der Waals surface area contributed by atoms with Gasteiger partial charge in [0.1, 0.15) is 0 Å². The molecule has 102 valence electrons. The van der Waals surface area contributed by atoms with Gasteiger partial charge in [0.15, 0.2) is 0 Å². The van der Waals surface area contributed by atoms with Gasteiger partial charge in [-0.3, -0.25) is 4.90 Å². The standard InChI is InChI=1S/C15H32N2/c1-6-15(13(4)5)17-8-7-14(11-17)10-16-9-12(2)3/h12-16H,6-11H2,1-5H3. The fraction of sp³-hybridized carbons (Fsp3) is 1.00. The molecule has 0 saturated carbocycles. The smallest absolute Gasteiger partial charge is 0.0116 e. The van der Waals surface area contributed by atoms with Crippen LogP contribution < -0.4 is 5.32 Å². The van der Waals surface area contributed by atoms with Crippen LogP contribution in [0.4, 0.5) is 0 Å². The predicted molar refractivity (Wildman–Crippen MR) is 76.3 cm³/mol. The molecule has 2 atom stereocenters. The third-order valence-electron chi connectivity index (χ3n) is 3.96. The molecule has 1 saturated heterocycles. The van der Waals surface area contributed by atoms with Gasteiger partial charge in [-0.05, 0) is 50.2 Å². The van der Waals surface area contributed by atoms with Crippen molar-refractivity contribution < 1.29 is 0 Å². The Balaban J connectivity index is 2.26. The Morgan fingerprint density at radius 1 is 1.24 bits per heavy atom. The SMILES string of the molecule is CCC(C(C)C)N1CCC(CNCC(C)C)C1. The van der Waals surface area contributed by atoms with Gasteiger partial charge in [0.05, 0.1) is 0 Å². The lowest BCUT2D eigenvalue weighted by molar-refractivity contribution is 0.179. The van der Waals surface area contributed by atoms with E-state index in [-0.39, 0.29) is 0 Å². The first-order valence-corrected chi connectivity index (χ1v) is 7.49. The van der Waals surface area contributed by atoms with Crippen molar-refractivity contribution in [3.8, 4) is 0 Å². The summed E-state index contributed by atoms with van der Waals surface area (Å²) in [6.45, 7) is 16.6. The van der Waals surface area contributed by atoms with Crippen LogP contribution in [0.5, 0.6) is 0 Å². The molecule has 0 aliphatic carbocycles. The highest BCUT2D eigenvalue weighted by Gasteiger charge is 2.28. The van der Waals surface area contributed by atoms with E-state index >= 15 is 0 Å². The van der Waals surface area contributed by atoms with Crippen molar-refractivity contribution in [2.24, 2.45) is 17.8 Å². The molecule has 1 aliphatic rings. The van der Waals surface area contributed by atoms with E-state index in [1.165, 1.54) is 32.5 Å².